The van der Waals surface area contributed by atoms with Crippen LogP contribution in [0.15, 0.2) is 0 Å². The molecule has 14 heteroatoms. The van der Waals surface area contributed by atoms with Crippen LogP contribution in [-0.4, -0.2) is 145 Å². The van der Waals surface area contributed by atoms with Gasteiger partial charge in [-0.25, -0.2) is 4.39 Å². The fourth-order valence-electron chi connectivity index (χ4n) is 4.53. The van der Waals surface area contributed by atoms with E-state index in [4.69, 9.17) is 48.3 Å². The molecule has 2 saturated carbocycles. The number of halogens is 1. The van der Waals surface area contributed by atoms with Crippen molar-refractivity contribution in [3.63, 3.8) is 0 Å². The van der Waals surface area contributed by atoms with Crippen molar-refractivity contribution in [2.75, 3.05) is 26.5 Å². The Labute approximate surface area is 195 Å². The van der Waals surface area contributed by atoms with Gasteiger partial charge in [-0.05, 0) is 18.2 Å². The highest BCUT2D eigenvalue weighted by atomic mass is 19.1. The number of aliphatic hydroxyl groups excluding tert-OH is 7. The Morgan fingerprint density at radius 2 is 1.48 bits per heavy atom. The van der Waals surface area contributed by atoms with Crippen LogP contribution in [0.5, 0.6) is 0 Å². The molecule has 0 aromatic heterocycles. The van der Waals surface area contributed by atoms with Gasteiger partial charge in [0, 0.05) is 17.3 Å². The zero-order valence-corrected chi connectivity index (χ0v) is 18.4. The van der Waals surface area contributed by atoms with Crippen molar-refractivity contribution in [2.45, 2.75) is 73.4 Å². The molecule has 13 atom stereocenters. The topological polar surface area (TPSA) is 180 Å². The van der Waals surface area contributed by atoms with Crippen molar-refractivity contribution in [3.05, 3.63) is 0 Å². The second kappa shape index (κ2) is 11.2. The predicted octanol–water partition coefficient (Wildman–Crippen LogP) is -4.52. The summed E-state index contributed by atoms with van der Waals surface area (Å²) in [6, 6.07) is -1.73. The first-order chi connectivity index (χ1) is 15.4. The average Bonchev–Trinajstić information content (AvgIpc) is 3.41. The molecule has 0 bridgehead atoms. The van der Waals surface area contributed by atoms with Gasteiger partial charge in [0.1, 0.15) is 46.3 Å². The molecule has 2 saturated heterocycles. The number of hydrogen-bond donors (Lipinski definition) is 8. The Kier molecular flexibility index (Phi) is 9.82. The van der Waals surface area contributed by atoms with Crippen LogP contribution in [0.3, 0.4) is 0 Å². The van der Waals surface area contributed by atoms with Gasteiger partial charge in [-0.15, -0.1) is 0 Å². The van der Waals surface area contributed by atoms with Gasteiger partial charge >= 0.3 is 0 Å². The third-order valence-electron chi connectivity index (χ3n) is 7.27. The fraction of sp³-hybridized carbons (Fsp3) is 1.00. The van der Waals surface area contributed by atoms with Crippen molar-refractivity contribution in [2.24, 2.45) is 17.3 Å². The van der Waals surface area contributed by atoms with Crippen LogP contribution >= 0.6 is 0 Å². The molecule has 4 rings (SSSR count). The summed E-state index contributed by atoms with van der Waals surface area (Å²) in [6.07, 6.45) is -4.54. The quantitative estimate of drug-likeness (QED) is 0.186. The van der Waals surface area contributed by atoms with Gasteiger partial charge in [-0.1, -0.05) is 6.92 Å². The Hall–Kier alpha value is -0.275. The van der Waals surface area contributed by atoms with Crippen LogP contribution < -0.4 is 0 Å². The molecule has 33 heavy (non-hydrogen) atoms. The summed E-state index contributed by atoms with van der Waals surface area (Å²) < 4.78 is 22.0. The molecule has 4 fully saturated rings. The van der Waals surface area contributed by atoms with E-state index in [0.29, 0.717) is 0 Å². The summed E-state index contributed by atoms with van der Waals surface area (Å²) in [5.74, 6) is -0.313. The molecular formula is C19H32B3FO10. The highest BCUT2D eigenvalue weighted by molar-refractivity contribution is 6.13. The molecule has 2 heterocycles. The minimum atomic E-state index is -2.09. The lowest BCUT2D eigenvalue weighted by Crippen LogP contribution is -2.50. The van der Waals surface area contributed by atoms with E-state index in [-0.39, 0.29) is 30.9 Å². The molecule has 0 spiro atoms. The molecule has 4 aliphatic rings. The largest absolute Gasteiger partial charge is 0.396 e. The minimum absolute atomic E-state index is 0.0659. The van der Waals surface area contributed by atoms with Crippen LogP contribution in [0.25, 0.3) is 0 Å². The van der Waals surface area contributed by atoms with E-state index in [1.54, 1.807) is 6.92 Å². The molecule has 6 radical (unpaired) electrons. The highest BCUT2D eigenvalue weighted by Crippen LogP contribution is 2.67. The summed E-state index contributed by atoms with van der Waals surface area (Å²) in [5, 5.41) is 72.7. The highest BCUT2D eigenvalue weighted by Gasteiger charge is 2.68. The van der Waals surface area contributed by atoms with E-state index in [9.17, 15) is 29.9 Å². The van der Waals surface area contributed by atoms with Gasteiger partial charge in [-0.3, -0.25) is 0 Å². The molecule has 2 aliphatic heterocycles. The Bertz CT molecular complexity index is 639. The molecule has 10 nitrogen and oxygen atoms in total. The lowest BCUT2D eigenvalue weighted by Gasteiger charge is -2.25. The lowest BCUT2D eigenvalue weighted by molar-refractivity contribution is -0.0734. The number of ether oxygens (including phenoxy) is 2. The number of rotatable bonds is 4. The smallest absolute Gasteiger partial charge is 0.139 e. The number of aliphatic hydroxyl groups is 8. The maximum absolute atomic E-state index is 12.2. The molecule has 0 aromatic carbocycles. The van der Waals surface area contributed by atoms with Crippen LogP contribution in [-0.2, 0) is 9.47 Å². The van der Waals surface area contributed by atoms with Gasteiger partial charge < -0.3 is 50.3 Å². The van der Waals surface area contributed by atoms with Crippen LogP contribution in [0.4, 0.5) is 4.39 Å². The van der Waals surface area contributed by atoms with Crippen LogP contribution in [0.2, 0.25) is 5.82 Å². The first kappa shape index (κ1) is 29.0. The van der Waals surface area contributed by atoms with E-state index < -0.39 is 72.9 Å². The van der Waals surface area contributed by atoms with E-state index in [2.05, 4.69) is 0 Å². The SMILES string of the molecule is [B][C@@H]1O[C@H](CO)[C@@H](O)[C@H]1C.[B][C@@H]1O[C@H](CO)[C@@H](O)[C@]1(O)CF.[B][C@H]1[C@H](O)[C@H](O)[C@@]2(CO)C[C@H]12. The molecule has 8 N–H and O–H groups in total. The van der Waals surface area contributed by atoms with E-state index in [1.807, 2.05) is 0 Å². The van der Waals surface area contributed by atoms with Crippen molar-refractivity contribution in [3.8, 4) is 0 Å². The molecule has 0 unspecified atom stereocenters. The Balaban J connectivity index is 0.000000176. The normalized spacial score (nSPS) is 52.4. The van der Waals surface area contributed by atoms with Crippen molar-refractivity contribution >= 4 is 23.5 Å². The summed E-state index contributed by atoms with van der Waals surface area (Å²) >= 11 is 0. The zero-order valence-electron chi connectivity index (χ0n) is 18.4. The van der Waals surface area contributed by atoms with Crippen molar-refractivity contribution in [1.82, 2.24) is 0 Å². The molecule has 2 aliphatic carbocycles. The van der Waals surface area contributed by atoms with Gasteiger partial charge in [0.15, 0.2) is 0 Å². The summed E-state index contributed by atoms with van der Waals surface area (Å²) in [4.78, 5) is 0. The summed E-state index contributed by atoms with van der Waals surface area (Å²) in [7, 11) is 16.2. The van der Waals surface area contributed by atoms with Gasteiger partial charge in [0.25, 0.3) is 0 Å². The Morgan fingerprint density at radius 1 is 0.909 bits per heavy atom. The van der Waals surface area contributed by atoms with Gasteiger partial charge in [0.2, 0.25) is 0 Å². The first-order valence-corrected chi connectivity index (χ1v) is 10.8. The third-order valence-corrected chi connectivity index (χ3v) is 7.27. The zero-order chi connectivity index (χ0) is 25.3. The predicted molar refractivity (Wildman–Crippen MR) is 114 cm³/mol. The van der Waals surface area contributed by atoms with Crippen molar-refractivity contribution in [1.29, 1.82) is 0 Å². The average molecular weight is 472 g/mol. The lowest BCUT2D eigenvalue weighted by atomic mass is 9.81. The van der Waals surface area contributed by atoms with E-state index in [1.165, 1.54) is 0 Å². The van der Waals surface area contributed by atoms with Crippen LogP contribution in [0.1, 0.15) is 13.3 Å². The molecule has 0 aromatic rings. The molecule has 184 valence electrons. The minimum Gasteiger partial charge on any atom is -0.396 e. The number of alkyl halides is 1. The number of fused-ring (bicyclic) bond motifs is 1. The maximum Gasteiger partial charge on any atom is 0.139 e. The van der Waals surface area contributed by atoms with Gasteiger partial charge in [0.05, 0.1) is 52.0 Å². The molecular weight excluding hydrogens is 440 g/mol. The molecule has 0 amide bonds. The van der Waals surface area contributed by atoms with Crippen molar-refractivity contribution < 1.29 is 54.7 Å². The second-order valence-electron chi connectivity index (χ2n) is 9.23. The summed E-state index contributed by atoms with van der Waals surface area (Å²) in [5.41, 5.74) is -2.55. The second-order valence-corrected chi connectivity index (χ2v) is 9.23. The first-order valence-electron chi connectivity index (χ1n) is 10.8. The maximum atomic E-state index is 12.2. The van der Waals surface area contributed by atoms with E-state index >= 15 is 0 Å². The monoisotopic (exact) mass is 472 g/mol. The Morgan fingerprint density at radius 3 is 1.73 bits per heavy atom. The van der Waals surface area contributed by atoms with E-state index in [0.717, 1.165) is 6.42 Å². The standard InChI is InChI=1S/C7H11BO3.C6H10BFO4.C6H11BO3/c8-4-3-1-7(3,2-9)6(11)5(4)10;7-5-6(11,2-8)4(10)3(1-9)12-5;1-3-5(9)4(2-8)10-6(3)7/h3-6,9-11H,1-2H2;3-5,9-11H,1-2H2;3-6,8-9H,2H2,1H3/t3-,4-,5+,6+,7-;3-,4-,5-,6-;3-,4-,5+,6-/m111/s1. The van der Waals surface area contributed by atoms with Gasteiger partial charge in [-0.2, -0.15) is 0 Å². The fourth-order valence-corrected chi connectivity index (χ4v) is 4.53. The summed E-state index contributed by atoms with van der Waals surface area (Å²) in [6.45, 7) is -0.142. The number of hydrogen-bond acceptors (Lipinski definition) is 10. The van der Waals surface area contributed by atoms with Crippen LogP contribution in [0, 0.1) is 17.3 Å². The third kappa shape index (κ3) is 5.30.